The molecule has 7 N–H and O–H groups in total. The van der Waals surface area contributed by atoms with Crippen LogP contribution in [0.2, 0.25) is 0 Å². The molecule has 7 amide bonds. The molecule has 0 saturated carbocycles. The summed E-state index contributed by atoms with van der Waals surface area (Å²) in [6.07, 6.45) is 6.89. The van der Waals surface area contributed by atoms with E-state index >= 15 is 0 Å². The van der Waals surface area contributed by atoms with Gasteiger partial charge in [0.2, 0.25) is 51.6 Å². The van der Waals surface area contributed by atoms with Crippen LogP contribution in [0, 0.1) is 32.5 Å². The number of hydrogen-bond donors (Lipinski definition) is 9. The molecule has 24 nitrogen and oxygen atoms in total. The van der Waals surface area contributed by atoms with Crippen molar-refractivity contribution >= 4 is 190 Å². The minimum atomic E-state index is -0.834. The number of amides is 7. The average Bonchev–Trinajstić information content (AvgIpc) is 1.84. The maximum Gasteiger partial charge on any atom is 0.220 e. The summed E-state index contributed by atoms with van der Waals surface area (Å²) in [5.74, 6) is 0.753. The molecule has 0 bridgehead atoms. The van der Waals surface area contributed by atoms with Crippen molar-refractivity contribution in [3.8, 4) is 0 Å². The molecule has 2 heterocycles. The first-order valence-electron chi connectivity index (χ1n) is 33.9. The molecule has 8 atom stereocenters. The lowest BCUT2D eigenvalue weighted by Crippen LogP contribution is -2.47. The molecule has 0 aromatic rings. The van der Waals surface area contributed by atoms with Gasteiger partial charge in [-0.05, 0) is 25.7 Å². The zero-order valence-corrected chi connectivity index (χ0v) is 72.5. The molecule has 0 spiro atoms. The lowest BCUT2D eigenvalue weighted by Gasteiger charge is -2.25. The smallest absolute Gasteiger partial charge is 0.220 e. The molecule has 0 aromatic heterocycles. The van der Waals surface area contributed by atoms with Gasteiger partial charge < -0.3 is 37.2 Å². The van der Waals surface area contributed by atoms with E-state index in [0.717, 1.165) is 65.1 Å². The largest absolute Gasteiger partial charge is 0.346 e. The van der Waals surface area contributed by atoms with E-state index in [1.807, 2.05) is 83.9 Å². The Morgan fingerprint density at radius 1 is 0.417 bits per heavy atom. The molecule has 2 rings (SSSR count). The van der Waals surface area contributed by atoms with Crippen LogP contribution >= 0.6 is 93.9 Å². The average molecular weight is 1600 g/mol. The second-order valence-electron chi connectivity index (χ2n) is 30.7. The number of thiol groups is 2. The van der Waals surface area contributed by atoms with E-state index < -0.39 is 57.9 Å². The highest BCUT2D eigenvalue weighted by molar-refractivity contribution is 8.77. The molecular formula is C71H123N7O17S8. The number of hydrogen-bond acceptors (Lipinski definition) is 25. The van der Waals surface area contributed by atoms with E-state index in [9.17, 15) is 81.5 Å². The number of unbranched alkanes of at least 4 members (excludes halogenated alkanes) is 1. The zero-order chi connectivity index (χ0) is 81.5. The van der Waals surface area contributed by atoms with Gasteiger partial charge in [-0.1, -0.05) is 200 Å². The summed E-state index contributed by atoms with van der Waals surface area (Å²) in [5, 5.41) is 17.9. The fourth-order valence-electron chi connectivity index (χ4n) is 8.52. The fourth-order valence-corrected chi connectivity index (χ4v) is 15.4. The van der Waals surface area contributed by atoms with E-state index in [1.165, 1.54) is 80.4 Å². The summed E-state index contributed by atoms with van der Waals surface area (Å²) in [4.78, 5) is 195. The van der Waals surface area contributed by atoms with Gasteiger partial charge in [0.15, 0.2) is 39.1 Å². The van der Waals surface area contributed by atoms with Gasteiger partial charge in [-0.2, -0.15) is 25.3 Å². The molecule has 7 unspecified atom stereocenters. The Morgan fingerprint density at radius 2 is 0.728 bits per heavy atom. The second kappa shape index (κ2) is 51.2. The SMILES string of the molecule is CC(=O)NC(CS)C(=O)C(C)(C)C.CC(=O)NC(CS)C(=O)SCC(NC(C)=O)C(=O)C(C)(C)C.CC(=O)NC(CSC(C)=O)C(=O)C(C)(C)C.CC(=O)NC(CSC(C)=O)C(=O)SCC(NC(C)=O)C(=O)C(C)(C)C.CC(C)(C)C(=O)C1CCC(=O)N1.CC(C)(C)C(=O)CCCC[C@@H]1CCSS1. The Morgan fingerprint density at radius 3 is 1.01 bits per heavy atom. The zero-order valence-electron chi connectivity index (χ0n) is 65.8. The fraction of sp³-hybridized carbons (Fsp3) is 0.761. The Kier molecular flexibility index (Phi) is 52.2. The van der Waals surface area contributed by atoms with Crippen molar-refractivity contribution < 1.29 is 81.5 Å². The molecular weight excluding hydrogens is 1480 g/mol. The second-order valence-corrected chi connectivity index (χ2v) is 38.7. The van der Waals surface area contributed by atoms with E-state index in [1.54, 1.807) is 62.3 Å². The molecule has 0 aliphatic carbocycles. The van der Waals surface area contributed by atoms with Crippen LogP contribution in [0.1, 0.15) is 225 Å². The van der Waals surface area contributed by atoms with Crippen LogP contribution in [-0.4, -0.2) is 184 Å². The molecule has 2 aliphatic rings. The van der Waals surface area contributed by atoms with Crippen LogP contribution in [0.15, 0.2) is 0 Å². The quantitative estimate of drug-likeness (QED) is 0.0200. The Labute approximate surface area is 649 Å². The highest BCUT2D eigenvalue weighted by atomic mass is 33.1. The topological polar surface area (TPSA) is 374 Å². The van der Waals surface area contributed by atoms with Crippen molar-refractivity contribution in [1.82, 2.24) is 37.2 Å². The van der Waals surface area contributed by atoms with Gasteiger partial charge in [0.1, 0.15) is 17.9 Å². The Balaban J connectivity index is -0.000000582. The van der Waals surface area contributed by atoms with E-state index in [2.05, 4.69) is 62.5 Å². The van der Waals surface area contributed by atoms with Gasteiger partial charge in [-0.25, -0.2) is 0 Å². The molecule has 2 fully saturated rings. The van der Waals surface area contributed by atoms with Crippen molar-refractivity contribution in [1.29, 1.82) is 0 Å². The van der Waals surface area contributed by atoms with Gasteiger partial charge in [0.05, 0.1) is 30.2 Å². The first-order valence-corrected chi connectivity index (χ1v) is 41.5. The molecule has 2 saturated heterocycles. The van der Waals surface area contributed by atoms with Gasteiger partial charge in [-0.3, -0.25) is 81.5 Å². The lowest BCUT2D eigenvalue weighted by molar-refractivity contribution is -0.131. The van der Waals surface area contributed by atoms with Crippen molar-refractivity contribution in [2.24, 2.45) is 32.5 Å². The van der Waals surface area contributed by atoms with Crippen molar-refractivity contribution in [2.75, 3.05) is 40.3 Å². The minimum absolute atomic E-state index is 0.00222. The maximum atomic E-state index is 12.4. The monoisotopic (exact) mass is 1600 g/mol. The number of Topliss-reactive ketones (excluding diaryl/α,β-unsaturated/α-hetero) is 6. The summed E-state index contributed by atoms with van der Waals surface area (Å²) in [7, 11) is 4.04. The van der Waals surface area contributed by atoms with Gasteiger partial charge in [-0.15, -0.1) is 0 Å². The molecule has 103 heavy (non-hydrogen) atoms. The normalized spacial score (nSPS) is 16.0. The molecule has 0 aromatic carbocycles. The van der Waals surface area contributed by atoms with Crippen LogP contribution in [-0.2, 0) is 81.5 Å². The third kappa shape index (κ3) is 52.5. The number of nitrogens with one attached hydrogen (secondary N) is 7. The van der Waals surface area contributed by atoms with Crippen LogP contribution in [0.4, 0.5) is 0 Å². The molecule has 2 aliphatic heterocycles. The summed E-state index contributed by atoms with van der Waals surface area (Å²) in [6.45, 7) is 43.8. The summed E-state index contributed by atoms with van der Waals surface area (Å²) in [5.41, 5.74) is -2.74. The molecule has 32 heteroatoms. The van der Waals surface area contributed by atoms with Gasteiger partial charge >= 0.3 is 0 Å². The van der Waals surface area contributed by atoms with Crippen molar-refractivity contribution in [3.63, 3.8) is 0 Å². The number of carbonyl (C=O) groups is 17. The number of ketones is 6. The van der Waals surface area contributed by atoms with Crippen molar-refractivity contribution in [3.05, 3.63) is 0 Å². The van der Waals surface area contributed by atoms with E-state index in [4.69, 9.17) is 0 Å². The number of rotatable bonds is 28. The predicted octanol–water partition coefficient (Wildman–Crippen LogP) is 9.57. The third-order valence-corrected chi connectivity index (χ3v) is 21.6. The number of carbonyl (C=O) groups excluding carboxylic acids is 17. The van der Waals surface area contributed by atoms with Gasteiger partial charge in [0.25, 0.3) is 0 Å². The maximum absolute atomic E-state index is 12.4. The molecule has 592 valence electrons. The van der Waals surface area contributed by atoms with E-state index in [0.29, 0.717) is 30.1 Å². The predicted molar refractivity (Wildman–Crippen MR) is 429 cm³/mol. The van der Waals surface area contributed by atoms with E-state index in [-0.39, 0.29) is 131 Å². The summed E-state index contributed by atoms with van der Waals surface area (Å²) >= 11 is 11.8. The van der Waals surface area contributed by atoms with Crippen LogP contribution in [0.25, 0.3) is 0 Å². The van der Waals surface area contributed by atoms with Gasteiger partial charge in [0, 0.05) is 146 Å². The Bertz CT molecular complexity index is 2870. The summed E-state index contributed by atoms with van der Waals surface area (Å²) in [6, 6.07) is -4.40. The van der Waals surface area contributed by atoms with Crippen LogP contribution < -0.4 is 37.2 Å². The highest BCUT2D eigenvalue weighted by Crippen LogP contribution is 2.40. The molecule has 0 radical (unpaired) electrons. The first kappa shape index (κ1) is 105. The van der Waals surface area contributed by atoms with Crippen molar-refractivity contribution in [2.45, 2.75) is 273 Å². The highest BCUT2D eigenvalue weighted by Gasteiger charge is 2.37. The summed E-state index contributed by atoms with van der Waals surface area (Å²) < 4.78 is 0. The standard InChI is InChI=1S/C16H26N2O5S2.C14H24N2O4S2.C12H22OS2.C11H19NO3S.C9H17NO2S.C9H15NO2/c1-9(19)17-12(14(22)16(4,5)6)7-25-15(23)13(18-10(2)20)8-24-11(3)21;1-8(17)15-10(6-21)13(20)22-7-11(16-9(2)18)12(19)14(3,4)5;1-12(2,3)11(13)7-5-4-6-10-8-9-14-15-10;1-7(13)12-9(6-16-8(2)14)10(15)11(3,4)5;1-6(11)10-7(5-13)8(12)9(2,3)4;1-9(2,3)8(12)6-4-5-7(11)10-6/h12-13H,7-8H2,1-6H3,(H,17,19)(H,18,20);10-11,21H,6-7H2,1-5H3,(H,15,17)(H,16,18);10H,4-9H2,1-3H3;9H,6H2,1-5H3,(H,12,13);7,13H,5H2,1-4H3,(H,10,11);6H,4-5H2,1-3H3,(H,10,11)/t;;10-;;;/m..1.../s1. The minimum Gasteiger partial charge on any atom is -0.346 e. The lowest BCUT2D eigenvalue weighted by atomic mass is 9.86. The first-order chi connectivity index (χ1) is 46.7. The van der Waals surface area contributed by atoms with Crippen LogP contribution in [0.5, 0.6) is 0 Å². The van der Waals surface area contributed by atoms with Crippen LogP contribution in [0.3, 0.4) is 0 Å². The number of thioether (sulfide) groups is 4. The third-order valence-electron chi connectivity index (χ3n) is 13.9. The Hall–Kier alpha value is -4.21.